The Morgan fingerprint density at radius 1 is 0.681 bits per heavy atom. The summed E-state index contributed by atoms with van der Waals surface area (Å²) in [6.45, 7) is 6.69. The fourth-order valence-electron chi connectivity index (χ4n) is 8.14. The average Bonchev–Trinajstić information content (AvgIpc) is 3.76. The van der Waals surface area contributed by atoms with E-state index in [9.17, 15) is 0 Å². The second kappa shape index (κ2) is 12.8. The van der Waals surface area contributed by atoms with Gasteiger partial charge in [-0.25, -0.2) is 0 Å². The van der Waals surface area contributed by atoms with Crippen molar-refractivity contribution in [2.24, 2.45) is 0 Å². The lowest BCUT2D eigenvalue weighted by molar-refractivity contribution is 0.640. The minimum absolute atomic E-state index is 0.256. The maximum atomic E-state index is 2.64. The zero-order valence-electron chi connectivity index (χ0n) is 27.8. The van der Waals surface area contributed by atoms with E-state index in [0.717, 1.165) is 25.9 Å². The van der Waals surface area contributed by atoms with Crippen LogP contribution in [0.5, 0.6) is 0 Å². The molecule has 0 amide bonds. The number of hydrogen-bond donors (Lipinski definition) is 0. The van der Waals surface area contributed by atoms with Gasteiger partial charge in [0, 0.05) is 45.8 Å². The summed E-state index contributed by atoms with van der Waals surface area (Å²) in [6, 6.07) is 38.5. The normalized spacial score (nSPS) is 17.7. The lowest BCUT2D eigenvalue weighted by atomic mass is 9.96. The summed E-state index contributed by atoms with van der Waals surface area (Å²) in [5.41, 5.74) is 9.77. The van der Waals surface area contributed by atoms with Gasteiger partial charge in [-0.3, -0.25) is 0 Å². The molecule has 2 heteroatoms. The molecule has 0 N–H and O–H groups in total. The molecule has 234 valence electrons. The minimum atomic E-state index is 0.256. The first kappa shape index (κ1) is 29.6. The molecule has 0 fully saturated rings. The van der Waals surface area contributed by atoms with Crippen LogP contribution in [-0.2, 0) is 6.54 Å². The van der Waals surface area contributed by atoms with Crippen molar-refractivity contribution in [3.8, 4) is 0 Å². The molecule has 47 heavy (non-hydrogen) atoms. The van der Waals surface area contributed by atoms with Crippen molar-refractivity contribution in [1.82, 2.24) is 4.57 Å². The number of unbranched alkanes of at least 4 members (excludes halogenated alkanes) is 2. The van der Waals surface area contributed by atoms with Gasteiger partial charge in [0.2, 0.25) is 0 Å². The molecule has 8 rings (SSSR count). The number of allylic oxidation sites excluding steroid dienone is 5. The van der Waals surface area contributed by atoms with E-state index in [4.69, 9.17) is 0 Å². The number of hydrogen-bond acceptors (Lipinski definition) is 1. The van der Waals surface area contributed by atoms with Crippen LogP contribution in [0.1, 0.15) is 69.5 Å². The summed E-state index contributed by atoms with van der Waals surface area (Å²) in [4.78, 5) is 2.64. The second-order valence-corrected chi connectivity index (χ2v) is 13.3. The highest BCUT2D eigenvalue weighted by Crippen LogP contribution is 2.46. The highest BCUT2D eigenvalue weighted by atomic mass is 15.2. The molecule has 2 heterocycles. The molecule has 0 saturated heterocycles. The molecule has 1 atom stereocenters. The average molecular weight is 613 g/mol. The monoisotopic (exact) mass is 612 g/mol. The number of nitrogens with zero attached hydrogens (tertiary/aromatic N) is 2. The summed E-state index contributed by atoms with van der Waals surface area (Å²) in [7, 11) is 0. The van der Waals surface area contributed by atoms with E-state index in [0.29, 0.717) is 0 Å². The van der Waals surface area contributed by atoms with Crippen molar-refractivity contribution in [1.29, 1.82) is 0 Å². The van der Waals surface area contributed by atoms with Gasteiger partial charge < -0.3 is 9.47 Å². The summed E-state index contributed by atoms with van der Waals surface area (Å²) >= 11 is 0. The van der Waals surface area contributed by atoms with Crippen molar-refractivity contribution in [2.75, 3.05) is 11.4 Å². The van der Waals surface area contributed by atoms with Crippen molar-refractivity contribution >= 4 is 49.8 Å². The topological polar surface area (TPSA) is 8.17 Å². The van der Waals surface area contributed by atoms with Crippen molar-refractivity contribution in [3.63, 3.8) is 0 Å². The molecular formula is C45H44N2. The SMILES string of the molecule is CCCCN1c2cccc3cccc(c23)C1C=CC1=C(c2ccccc2)C(=CC=c2c3cccc4cccc(c43)n2CCCC)CC1. The molecule has 2 aliphatic rings. The first-order valence-electron chi connectivity index (χ1n) is 17.7. The van der Waals surface area contributed by atoms with Crippen LogP contribution in [-0.4, -0.2) is 11.1 Å². The van der Waals surface area contributed by atoms with Gasteiger partial charge in [-0.2, -0.15) is 0 Å². The van der Waals surface area contributed by atoms with Gasteiger partial charge >= 0.3 is 0 Å². The van der Waals surface area contributed by atoms with Crippen LogP contribution in [0.15, 0.2) is 133 Å². The summed E-state index contributed by atoms with van der Waals surface area (Å²) in [6.07, 6.45) is 16.7. The molecule has 2 nitrogen and oxygen atoms in total. The lowest BCUT2D eigenvalue weighted by Gasteiger charge is -2.26. The number of aromatic nitrogens is 1. The third-order valence-corrected chi connectivity index (χ3v) is 10.4. The first-order chi connectivity index (χ1) is 23.3. The largest absolute Gasteiger partial charge is 0.360 e. The van der Waals surface area contributed by atoms with Crippen LogP contribution in [0.4, 0.5) is 5.69 Å². The van der Waals surface area contributed by atoms with E-state index in [1.807, 2.05) is 0 Å². The number of benzene rings is 5. The predicted molar refractivity (Wildman–Crippen MR) is 203 cm³/mol. The predicted octanol–water partition coefficient (Wildman–Crippen LogP) is 11.3. The zero-order chi connectivity index (χ0) is 31.7. The molecule has 0 radical (unpaired) electrons. The molecule has 1 unspecified atom stereocenters. The molecule has 0 spiro atoms. The van der Waals surface area contributed by atoms with Gasteiger partial charge in [0.15, 0.2) is 0 Å². The van der Waals surface area contributed by atoms with Gasteiger partial charge in [-0.15, -0.1) is 0 Å². The molecule has 1 aromatic heterocycles. The van der Waals surface area contributed by atoms with Crippen molar-refractivity contribution < 1.29 is 0 Å². The van der Waals surface area contributed by atoms with Gasteiger partial charge in [0.1, 0.15) is 0 Å². The van der Waals surface area contributed by atoms with Gasteiger partial charge in [-0.1, -0.05) is 136 Å². The number of anilines is 1. The van der Waals surface area contributed by atoms with Crippen LogP contribution in [0.2, 0.25) is 0 Å². The summed E-state index contributed by atoms with van der Waals surface area (Å²) < 4.78 is 2.56. The van der Waals surface area contributed by atoms with E-state index in [2.05, 4.69) is 151 Å². The molecule has 0 bridgehead atoms. The van der Waals surface area contributed by atoms with Gasteiger partial charge in [0.05, 0.1) is 6.04 Å². The van der Waals surface area contributed by atoms with Crippen molar-refractivity contribution in [3.05, 3.63) is 149 Å². The Morgan fingerprint density at radius 3 is 2.21 bits per heavy atom. The highest BCUT2D eigenvalue weighted by Gasteiger charge is 2.29. The molecule has 0 saturated carbocycles. The Hall–Kier alpha value is -4.82. The lowest BCUT2D eigenvalue weighted by Crippen LogP contribution is -2.24. The molecule has 1 aliphatic heterocycles. The minimum Gasteiger partial charge on any atom is -0.360 e. The molecule has 5 aromatic carbocycles. The number of aryl methyl sites for hydroxylation is 1. The molecule has 6 aromatic rings. The van der Waals surface area contributed by atoms with E-state index in [1.54, 1.807) is 0 Å². The maximum Gasteiger partial charge on any atom is 0.0736 e. The van der Waals surface area contributed by atoms with Crippen LogP contribution >= 0.6 is 0 Å². The van der Waals surface area contributed by atoms with Crippen LogP contribution in [0, 0.1) is 0 Å². The Kier molecular flexibility index (Phi) is 8.03. The first-order valence-corrected chi connectivity index (χ1v) is 17.7. The Balaban J connectivity index is 1.24. The van der Waals surface area contributed by atoms with Crippen molar-refractivity contribution in [2.45, 2.75) is 65.0 Å². The second-order valence-electron chi connectivity index (χ2n) is 13.3. The fourth-order valence-corrected chi connectivity index (χ4v) is 8.14. The summed E-state index contributed by atoms with van der Waals surface area (Å²) in [5.74, 6) is 0. The van der Waals surface area contributed by atoms with Gasteiger partial charge in [-0.05, 0) is 82.5 Å². The van der Waals surface area contributed by atoms with E-state index in [1.165, 1.54) is 97.0 Å². The van der Waals surface area contributed by atoms with Crippen LogP contribution in [0.3, 0.4) is 0 Å². The number of rotatable bonds is 10. The third-order valence-electron chi connectivity index (χ3n) is 10.4. The van der Waals surface area contributed by atoms with Crippen LogP contribution < -0.4 is 10.2 Å². The Bertz CT molecular complexity index is 2220. The Morgan fingerprint density at radius 2 is 1.40 bits per heavy atom. The van der Waals surface area contributed by atoms with E-state index in [-0.39, 0.29) is 6.04 Å². The molecular weight excluding hydrogens is 569 g/mol. The maximum absolute atomic E-state index is 2.64. The van der Waals surface area contributed by atoms with E-state index >= 15 is 0 Å². The van der Waals surface area contributed by atoms with E-state index < -0.39 is 0 Å². The summed E-state index contributed by atoms with van der Waals surface area (Å²) in [5, 5.41) is 8.18. The quantitative estimate of drug-likeness (QED) is 0.149. The Labute approximate surface area is 279 Å². The fraction of sp³-hybridized carbons (Fsp3) is 0.244. The third kappa shape index (κ3) is 5.21. The van der Waals surface area contributed by atoms with Gasteiger partial charge in [0.25, 0.3) is 0 Å². The standard InChI is InChI=1S/C45H44N2/c1-3-5-30-46-39(37-20-10-16-33-18-12-22-41(46)44(33)37)28-26-35-24-25-36(43(35)32-14-8-7-9-15-32)27-29-40-38-21-11-17-34-19-13-23-42(45(34)38)47(40)31-6-4-2/h7-23,26-29,39H,3-6,24-25,30-31H2,1-2H3. The zero-order valence-corrected chi connectivity index (χ0v) is 27.8. The highest BCUT2D eigenvalue weighted by molar-refractivity contribution is 6.10. The molecule has 1 aliphatic carbocycles. The smallest absolute Gasteiger partial charge is 0.0736 e. The van der Waals surface area contributed by atoms with Crippen LogP contribution in [0.25, 0.3) is 44.1 Å².